The summed E-state index contributed by atoms with van der Waals surface area (Å²) in [6.45, 7) is 8.42. The zero-order chi connectivity index (χ0) is 17.7. The zero-order valence-corrected chi connectivity index (χ0v) is 15.6. The lowest BCUT2D eigenvalue weighted by molar-refractivity contribution is -0.135. The van der Waals surface area contributed by atoms with Gasteiger partial charge in [0.2, 0.25) is 0 Å². The second kappa shape index (κ2) is 8.43. The molecule has 2 fully saturated rings. The van der Waals surface area contributed by atoms with E-state index < -0.39 is 5.92 Å². The van der Waals surface area contributed by atoms with Crippen LogP contribution in [-0.4, -0.2) is 37.7 Å². The number of hydrogen-bond acceptors (Lipinski definition) is 4. The molecular weight excluding hydrogens is 347 g/mol. The van der Waals surface area contributed by atoms with Gasteiger partial charge in [0.15, 0.2) is 0 Å². The van der Waals surface area contributed by atoms with E-state index in [1.165, 1.54) is 0 Å². The van der Waals surface area contributed by atoms with Crippen molar-refractivity contribution in [1.82, 2.24) is 10.6 Å². The Bertz CT molecular complexity index is 582. The maximum Gasteiger partial charge on any atom is 0.148 e. The van der Waals surface area contributed by atoms with Gasteiger partial charge in [-0.15, -0.1) is 0 Å². The highest BCUT2D eigenvalue weighted by molar-refractivity contribution is 6.35. The molecule has 2 N–H and O–H groups in total. The Kier molecular flexibility index (Phi) is 6.81. The SMILES string of the molecule is C1CNCCN1.CC1(C)CC(=O)C(c2ccc(Cl)cc2Cl)C(=O)C1. The highest BCUT2D eigenvalue weighted by atomic mass is 35.5. The molecule has 1 aromatic rings. The highest BCUT2D eigenvalue weighted by Crippen LogP contribution is 2.40. The van der Waals surface area contributed by atoms with E-state index in [9.17, 15) is 9.59 Å². The van der Waals surface area contributed by atoms with Crippen LogP contribution in [0.15, 0.2) is 18.2 Å². The van der Waals surface area contributed by atoms with Crippen molar-refractivity contribution in [3.63, 3.8) is 0 Å². The van der Waals surface area contributed by atoms with Crippen molar-refractivity contribution in [3.8, 4) is 0 Å². The van der Waals surface area contributed by atoms with E-state index in [2.05, 4.69) is 10.6 Å². The Morgan fingerprint density at radius 2 is 1.46 bits per heavy atom. The predicted molar refractivity (Wildman–Crippen MR) is 98.0 cm³/mol. The summed E-state index contributed by atoms with van der Waals surface area (Å²) in [6.07, 6.45) is 0.810. The average molecular weight is 371 g/mol. The predicted octanol–water partition coefficient (Wildman–Crippen LogP) is 3.21. The van der Waals surface area contributed by atoms with E-state index in [1.807, 2.05) is 13.8 Å². The monoisotopic (exact) mass is 370 g/mol. The minimum Gasteiger partial charge on any atom is -0.314 e. The maximum absolute atomic E-state index is 12.1. The lowest BCUT2D eigenvalue weighted by atomic mass is 9.70. The van der Waals surface area contributed by atoms with Gasteiger partial charge in [-0.25, -0.2) is 0 Å². The van der Waals surface area contributed by atoms with Crippen molar-refractivity contribution in [2.75, 3.05) is 26.2 Å². The summed E-state index contributed by atoms with van der Waals surface area (Å²) in [5, 5.41) is 7.33. The van der Waals surface area contributed by atoms with Crippen LogP contribution in [0.25, 0.3) is 0 Å². The van der Waals surface area contributed by atoms with Crippen molar-refractivity contribution in [2.24, 2.45) is 5.41 Å². The molecule has 0 unspecified atom stereocenters. The van der Waals surface area contributed by atoms with Crippen LogP contribution in [0.1, 0.15) is 38.2 Å². The van der Waals surface area contributed by atoms with Crippen LogP contribution in [-0.2, 0) is 9.59 Å². The summed E-state index contributed by atoms with van der Waals surface area (Å²) in [7, 11) is 0. The Labute approximate surface area is 153 Å². The molecule has 1 saturated carbocycles. The van der Waals surface area contributed by atoms with E-state index in [0.29, 0.717) is 28.5 Å². The first kappa shape index (κ1) is 19.4. The highest BCUT2D eigenvalue weighted by Gasteiger charge is 2.40. The van der Waals surface area contributed by atoms with Crippen molar-refractivity contribution >= 4 is 34.8 Å². The standard InChI is InChI=1S/C14H14Cl2O2.C4H10N2/c1-14(2)6-11(17)13(12(18)7-14)9-4-3-8(15)5-10(9)16;1-2-6-4-3-5-1/h3-5,13H,6-7H2,1-2H3;5-6H,1-4H2. The minimum absolute atomic E-state index is 0.0551. The molecule has 0 radical (unpaired) electrons. The van der Waals surface area contributed by atoms with E-state index in [0.717, 1.165) is 26.2 Å². The molecule has 3 rings (SSSR count). The fraction of sp³-hybridized carbons (Fsp3) is 0.556. The van der Waals surface area contributed by atoms with Crippen LogP contribution in [0.4, 0.5) is 0 Å². The number of carbonyl (C=O) groups is 2. The Morgan fingerprint density at radius 3 is 1.88 bits per heavy atom. The van der Waals surface area contributed by atoms with Crippen LogP contribution < -0.4 is 10.6 Å². The molecule has 1 heterocycles. The zero-order valence-electron chi connectivity index (χ0n) is 14.1. The number of hydrogen-bond donors (Lipinski definition) is 2. The number of rotatable bonds is 1. The maximum atomic E-state index is 12.1. The minimum atomic E-state index is -0.720. The van der Waals surface area contributed by atoms with Gasteiger partial charge < -0.3 is 10.6 Å². The van der Waals surface area contributed by atoms with Crippen molar-refractivity contribution in [3.05, 3.63) is 33.8 Å². The fourth-order valence-corrected chi connectivity index (χ4v) is 3.59. The summed E-state index contributed by atoms with van der Waals surface area (Å²) in [4.78, 5) is 24.3. The van der Waals surface area contributed by atoms with Crippen molar-refractivity contribution in [2.45, 2.75) is 32.6 Å². The molecule has 2 aliphatic rings. The molecule has 0 spiro atoms. The van der Waals surface area contributed by atoms with Gasteiger partial charge >= 0.3 is 0 Å². The molecule has 1 aliphatic carbocycles. The molecule has 6 heteroatoms. The number of halogens is 2. The number of carbonyl (C=O) groups excluding carboxylic acids is 2. The molecule has 1 aliphatic heterocycles. The van der Waals surface area contributed by atoms with Gasteiger partial charge in [-0.1, -0.05) is 43.1 Å². The van der Waals surface area contributed by atoms with Crippen LogP contribution in [0.2, 0.25) is 10.0 Å². The van der Waals surface area contributed by atoms with Gasteiger partial charge in [0, 0.05) is 49.1 Å². The molecule has 24 heavy (non-hydrogen) atoms. The van der Waals surface area contributed by atoms with Crippen molar-refractivity contribution < 1.29 is 9.59 Å². The Hall–Kier alpha value is -0.940. The van der Waals surface area contributed by atoms with Crippen LogP contribution >= 0.6 is 23.2 Å². The number of nitrogens with one attached hydrogen (secondary N) is 2. The summed E-state index contributed by atoms with van der Waals surface area (Å²) >= 11 is 11.9. The molecular formula is C18H24Cl2N2O2. The topological polar surface area (TPSA) is 58.2 Å². The molecule has 1 aromatic carbocycles. The van der Waals surface area contributed by atoms with Gasteiger partial charge in [-0.05, 0) is 23.1 Å². The third kappa shape index (κ3) is 5.28. The number of benzene rings is 1. The number of Topliss-reactive ketones (excluding diaryl/α,β-unsaturated/α-hetero) is 2. The molecule has 132 valence electrons. The van der Waals surface area contributed by atoms with Crippen LogP contribution in [0, 0.1) is 5.41 Å². The molecule has 1 saturated heterocycles. The van der Waals surface area contributed by atoms with E-state index in [4.69, 9.17) is 23.2 Å². The normalized spacial score (nSPS) is 21.2. The third-order valence-corrected chi connectivity index (χ3v) is 4.74. The first-order chi connectivity index (χ1) is 11.3. The lowest BCUT2D eigenvalue weighted by Gasteiger charge is -2.32. The van der Waals surface area contributed by atoms with Crippen molar-refractivity contribution in [1.29, 1.82) is 0 Å². The Morgan fingerprint density at radius 1 is 0.958 bits per heavy atom. The van der Waals surface area contributed by atoms with E-state index in [-0.39, 0.29) is 17.0 Å². The lowest BCUT2D eigenvalue weighted by Crippen LogP contribution is -2.39. The average Bonchev–Trinajstić information content (AvgIpc) is 2.50. The first-order valence-corrected chi connectivity index (χ1v) is 8.97. The third-order valence-electron chi connectivity index (χ3n) is 4.18. The molecule has 4 nitrogen and oxygen atoms in total. The van der Waals surface area contributed by atoms with E-state index in [1.54, 1.807) is 18.2 Å². The molecule has 0 bridgehead atoms. The molecule has 0 amide bonds. The van der Waals surface area contributed by atoms with Gasteiger partial charge in [0.25, 0.3) is 0 Å². The quantitative estimate of drug-likeness (QED) is 0.745. The smallest absolute Gasteiger partial charge is 0.148 e. The summed E-state index contributed by atoms with van der Waals surface area (Å²) in [5.41, 5.74) is 0.329. The van der Waals surface area contributed by atoms with Crippen LogP contribution in [0.5, 0.6) is 0 Å². The van der Waals surface area contributed by atoms with Gasteiger partial charge in [0.05, 0.1) is 0 Å². The summed E-state index contributed by atoms with van der Waals surface area (Å²) in [5.74, 6) is -0.830. The van der Waals surface area contributed by atoms with Gasteiger partial charge in [0.1, 0.15) is 17.5 Å². The first-order valence-electron chi connectivity index (χ1n) is 8.22. The van der Waals surface area contributed by atoms with E-state index >= 15 is 0 Å². The van der Waals surface area contributed by atoms with Gasteiger partial charge in [-0.2, -0.15) is 0 Å². The molecule has 0 aromatic heterocycles. The number of piperazine rings is 1. The van der Waals surface area contributed by atoms with Gasteiger partial charge in [-0.3, -0.25) is 9.59 Å². The Balaban J connectivity index is 0.000000292. The largest absolute Gasteiger partial charge is 0.314 e. The summed E-state index contributed by atoms with van der Waals surface area (Å²) in [6, 6.07) is 4.89. The second-order valence-electron chi connectivity index (χ2n) is 7.05. The van der Waals surface area contributed by atoms with Crippen LogP contribution in [0.3, 0.4) is 0 Å². The molecule has 0 atom stereocenters. The summed E-state index contributed by atoms with van der Waals surface area (Å²) < 4.78 is 0. The number of ketones is 2. The second-order valence-corrected chi connectivity index (χ2v) is 7.89. The fourth-order valence-electron chi connectivity index (χ4n) is 3.08.